The van der Waals surface area contributed by atoms with Gasteiger partial charge in [0.25, 0.3) is 0 Å². The Morgan fingerprint density at radius 1 is 0.806 bits per heavy atom. The van der Waals surface area contributed by atoms with Gasteiger partial charge < -0.3 is 24.4 Å². The van der Waals surface area contributed by atoms with E-state index >= 15 is 0 Å². The average Bonchev–Trinajstić information content (AvgIpc) is 3.38. The minimum atomic E-state index is 0.454. The van der Waals surface area contributed by atoms with Crippen molar-refractivity contribution in [2.45, 2.75) is 13.2 Å². The highest BCUT2D eigenvalue weighted by Gasteiger charge is 2.10. The number of ether oxygens (including phenoxy) is 3. The van der Waals surface area contributed by atoms with Crippen molar-refractivity contribution >= 4 is 0 Å². The van der Waals surface area contributed by atoms with E-state index in [1.165, 1.54) is 5.56 Å². The number of aromatic amines is 1. The Morgan fingerprint density at radius 3 is 2.06 bits per heavy atom. The fourth-order valence-corrected chi connectivity index (χ4v) is 3.76. The van der Waals surface area contributed by atoms with Gasteiger partial charge in [0.05, 0.1) is 11.9 Å². The number of rotatable bonds is 14. The van der Waals surface area contributed by atoms with E-state index in [2.05, 4.69) is 39.6 Å². The van der Waals surface area contributed by atoms with Crippen LogP contribution in [0, 0.1) is 0 Å². The van der Waals surface area contributed by atoms with Gasteiger partial charge in [0.15, 0.2) is 0 Å². The lowest BCUT2D eigenvalue weighted by atomic mass is 10.1. The Kier molecular flexibility index (Phi) is 9.36. The minimum absolute atomic E-state index is 0.454. The van der Waals surface area contributed by atoms with Crippen LogP contribution >= 0.6 is 0 Å². The normalized spacial score (nSPS) is 11.0. The summed E-state index contributed by atoms with van der Waals surface area (Å²) in [5.41, 5.74) is 4.44. The van der Waals surface area contributed by atoms with Crippen molar-refractivity contribution in [2.75, 3.05) is 40.4 Å². The van der Waals surface area contributed by atoms with Crippen LogP contribution in [0.1, 0.15) is 11.1 Å². The number of nitrogens with zero attached hydrogens (tertiary/aromatic N) is 2. The number of likely N-dealkylation sites (N-methyl/N-ethyl adjacent to an activating group) is 2. The summed E-state index contributed by atoms with van der Waals surface area (Å²) in [5, 5.41) is 10.6. The summed E-state index contributed by atoms with van der Waals surface area (Å²) in [4.78, 5) is 2.27. The summed E-state index contributed by atoms with van der Waals surface area (Å²) in [5.74, 6) is 2.40. The topological polar surface area (TPSA) is 71.6 Å². The number of aromatic nitrogens is 2. The molecule has 188 valence electrons. The average molecular weight is 487 g/mol. The predicted molar refractivity (Wildman–Crippen MR) is 142 cm³/mol. The molecule has 0 radical (unpaired) electrons. The highest BCUT2D eigenvalue weighted by atomic mass is 16.5. The maximum atomic E-state index is 5.86. The molecule has 3 aromatic carbocycles. The lowest BCUT2D eigenvalue weighted by molar-refractivity contribution is 0.217. The first-order chi connectivity index (χ1) is 17.7. The molecule has 0 atom stereocenters. The molecule has 0 saturated carbocycles. The smallest absolute Gasteiger partial charge is 0.122 e. The molecule has 0 bridgehead atoms. The number of nitrogens with one attached hydrogen (secondary N) is 2. The maximum Gasteiger partial charge on any atom is 0.122 e. The first kappa shape index (κ1) is 25.3. The molecule has 0 amide bonds. The molecule has 0 aliphatic carbocycles. The molecule has 7 heteroatoms. The zero-order valence-electron chi connectivity index (χ0n) is 20.9. The second kappa shape index (κ2) is 13.3. The largest absolute Gasteiger partial charge is 0.490 e. The molecule has 4 rings (SSSR count). The third-order valence-electron chi connectivity index (χ3n) is 5.74. The summed E-state index contributed by atoms with van der Waals surface area (Å²) in [6.07, 6.45) is 1.90. The van der Waals surface area contributed by atoms with Gasteiger partial charge in [-0.15, -0.1) is 0 Å². The zero-order chi connectivity index (χ0) is 25.0. The van der Waals surface area contributed by atoms with Gasteiger partial charge >= 0.3 is 0 Å². The lowest BCUT2D eigenvalue weighted by Gasteiger charge is -2.16. The van der Waals surface area contributed by atoms with Crippen molar-refractivity contribution in [3.05, 3.63) is 96.2 Å². The Labute approximate surface area is 213 Å². The van der Waals surface area contributed by atoms with Gasteiger partial charge in [-0.1, -0.05) is 30.3 Å². The van der Waals surface area contributed by atoms with Crippen LogP contribution in [0.25, 0.3) is 11.3 Å². The van der Waals surface area contributed by atoms with E-state index in [4.69, 9.17) is 14.2 Å². The van der Waals surface area contributed by atoms with Crippen LogP contribution in [-0.2, 0) is 13.2 Å². The first-order valence-electron chi connectivity index (χ1n) is 12.2. The minimum Gasteiger partial charge on any atom is -0.490 e. The van der Waals surface area contributed by atoms with Crippen LogP contribution < -0.4 is 19.5 Å². The standard InChI is InChI=1S/C29H34N4O3/c1-30-16-17-33(2)21-25-20-31-32-29(25)24-8-10-26(11-9-24)34-18-19-35-27-12-14-28(15-13-27)36-22-23-6-4-3-5-7-23/h3-15,20,30H,16-19,21-22H2,1-2H3,(H,31,32). The predicted octanol–water partition coefficient (Wildman–Crippen LogP) is 4.76. The van der Waals surface area contributed by atoms with Gasteiger partial charge in [-0.2, -0.15) is 5.10 Å². The first-order valence-corrected chi connectivity index (χ1v) is 12.2. The van der Waals surface area contributed by atoms with Crippen LogP contribution in [0.2, 0.25) is 0 Å². The van der Waals surface area contributed by atoms with Gasteiger partial charge in [-0.05, 0) is 68.2 Å². The third-order valence-corrected chi connectivity index (χ3v) is 5.74. The van der Waals surface area contributed by atoms with E-state index in [0.29, 0.717) is 19.8 Å². The van der Waals surface area contributed by atoms with Crippen molar-refractivity contribution in [1.29, 1.82) is 0 Å². The second-order valence-corrected chi connectivity index (χ2v) is 8.58. The van der Waals surface area contributed by atoms with E-state index in [-0.39, 0.29) is 0 Å². The van der Waals surface area contributed by atoms with Crippen molar-refractivity contribution in [3.63, 3.8) is 0 Å². The Balaban J connectivity index is 1.19. The number of hydrogen-bond donors (Lipinski definition) is 2. The van der Waals surface area contributed by atoms with E-state index < -0.39 is 0 Å². The molecule has 0 aliphatic rings. The zero-order valence-corrected chi connectivity index (χ0v) is 20.9. The molecule has 0 spiro atoms. The van der Waals surface area contributed by atoms with Crippen molar-refractivity contribution in [1.82, 2.24) is 20.4 Å². The van der Waals surface area contributed by atoms with Gasteiger partial charge in [0.1, 0.15) is 37.1 Å². The van der Waals surface area contributed by atoms with Crippen LogP contribution in [0.4, 0.5) is 0 Å². The van der Waals surface area contributed by atoms with Gasteiger partial charge in [-0.25, -0.2) is 0 Å². The molecule has 7 nitrogen and oxygen atoms in total. The summed E-state index contributed by atoms with van der Waals surface area (Å²) in [6, 6.07) is 25.8. The fourth-order valence-electron chi connectivity index (χ4n) is 3.76. The van der Waals surface area contributed by atoms with Crippen LogP contribution in [0.5, 0.6) is 17.2 Å². The molecule has 0 aliphatic heterocycles. The van der Waals surface area contributed by atoms with Crippen molar-refractivity contribution in [3.8, 4) is 28.5 Å². The molecular weight excluding hydrogens is 452 g/mol. The number of benzene rings is 3. The van der Waals surface area contributed by atoms with Crippen LogP contribution in [0.15, 0.2) is 85.1 Å². The molecular formula is C29H34N4O3. The SMILES string of the molecule is CNCCN(C)Cc1cn[nH]c1-c1ccc(OCCOc2ccc(OCc3ccccc3)cc2)cc1. The molecule has 0 fully saturated rings. The Bertz CT molecular complexity index is 1160. The van der Waals surface area contributed by atoms with Gasteiger partial charge in [-0.3, -0.25) is 5.10 Å². The molecule has 2 N–H and O–H groups in total. The molecule has 1 heterocycles. The highest BCUT2D eigenvalue weighted by molar-refractivity contribution is 5.63. The Hall–Kier alpha value is -3.81. The summed E-state index contributed by atoms with van der Waals surface area (Å²) in [7, 11) is 4.08. The summed E-state index contributed by atoms with van der Waals surface area (Å²) >= 11 is 0. The van der Waals surface area contributed by atoms with Crippen LogP contribution in [0.3, 0.4) is 0 Å². The summed E-state index contributed by atoms with van der Waals surface area (Å²) in [6.45, 7) is 4.22. The third kappa shape index (κ3) is 7.60. The van der Waals surface area contributed by atoms with Crippen molar-refractivity contribution in [2.24, 2.45) is 0 Å². The molecule has 0 saturated heterocycles. The van der Waals surface area contributed by atoms with E-state index in [1.54, 1.807) is 0 Å². The second-order valence-electron chi connectivity index (χ2n) is 8.58. The van der Waals surface area contributed by atoms with Crippen molar-refractivity contribution < 1.29 is 14.2 Å². The molecule has 0 unspecified atom stereocenters. The summed E-state index contributed by atoms with van der Waals surface area (Å²) < 4.78 is 17.5. The monoisotopic (exact) mass is 486 g/mol. The molecule has 4 aromatic rings. The van der Waals surface area contributed by atoms with Crippen LogP contribution in [-0.4, -0.2) is 55.5 Å². The number of H-pyrrole nitrogens is 1. The van der Waals surface area contributed by atoms with Gasteiger partial charge in [0, 0.05) is 30.8 Å². The van der Waals surface area contributed by atoms with Gasteiger partial charge in [0.2, 0.25) is 0 Å². The fraction of sp³-hybridized carbons (Fsp3) is 0.276. The molecule has 1 aromatic heterocycles. The lowest BCUT2D eigenvalue weighted by Crippen LogP contribution is -2.26. The number of hydrogen-bond acceptors (Lipinski definition) is 6. The highest BCUT2D eigenvalue weighted by Crippen LogP contribution is 2.25. The van der Waals surface area contributed by atoms with E-state index in [1.807, 2.05) is 80.0 Å². The molecule has 36 heavy (non-hydrogen) atoms. The maximum absolute atomic E-state index is 5.86. The van der Waals surface area contributed by atoms with E-state index in [0.717, 1.165) is 53.7 Å². The van der Waals surface area contributed by atoms with E-state index in [9.17, 15) is 0 Å². The quantitative estimate of drug-likeness (QED) is 0.250. The Morgan fingerprint density at radius 2 is 1.42 bits per heavy atom.